The van der Waals surface area contributed by atoms with Gasteiger partial charge >= 0.3 is 5.97 Å². The molecule has 18 heavy (non-hydrogen) atoms. The monoisotopic (exact) mass is 252 g/mol. The molecule has 0 aromatic carbocycles. The van der Waals surface area contributed by atoms with E-state index < -0.39 is 11.9 Å². The molecule has 2 aliphatic carbocycles. The molecule has 100 valence electrons. The molecule has 2 atom stereocenters. The van der Waals surface area contributed by atoms with E-state index in [0.29, 0.717) is 6.42 Å². The largest absolute Gasteiger partial charge is 0.481 e. The van der Waals surface area contributed by atoms with Crippen molar-refractivity contribution >= 4 is 11.9 Å². The van der Waals surface area contributed by atoms with E-state index in [-0.39, 0.29) is 11.8 Å². The minimum atomic E-state index is -0.819. The van der Waals surface area contributed by atoms with Crippen molar-refractivity contribution in [3.8, 4) is 0 Å². The Morgan fingerprint density at radius 3 is 2.22 bits per heavy atom. The lowest BCUT2D eigenvalue weighted by Gasteiger charge is -2.35. The molecule has 2 saturated carbocycles. The first-order valence-corrected chi connectivity index (χ1v) is 6.89. The van der Waals surface area contributed by atoms with Crippen LogP contribution in [-0.2, 0) is 9.59 Å². The van der Waals surface area contributed by atoms with Crippen LogP contribution in [0.2, 0.25) is 0 Å². The molecule has 0 radical (unpaired) electrons. The van der Waals surface area contributed by atoms with Gasteiger partial charge in [-0.05, 0) is 25.2 Å². The molecular formula is C13H20N2O3. The van der Waals surface area contributed by atoms with Crippen LogP contribution < -0.4 is 0 Å². The third-order valence-corrected chi connectivity index (χ3v) is 4.32. The van der Waals surface area contributed by atoms with Gasteiger partial charge in [0.05, 0.1) is 11.8 Å². The number of nitrogens with zero attached hydrogens (tertiary/aromatic N) is 2. The number of carboxylic acid groups (broad SMARTS) is 1. The quantitative estimate of drug-likeness (QED) is 0.779. The predicted molar refractivity (Wildman–Crippen MR) is 65.0 cm³/mol. The SMILES string of the molecule is O=C(O)C1CC1C(=O)N1CCN(CC2CC2)CC1. The maximum atomic E-state index is 12.1. The highest BCUT2D eigenvalue weighted by Gasteiger charge is 2.50. The van der Waals surface area contributed by atoms with Crippen LogP contribution in [0.1, 0.15) is 19.3 Å². The number of piperazine rings is 1. The van der Waals surface area contributed by atoms with E-state index in [1.54, 1.807) is 0 Å². The molecule has 0 bridgehead atoms. The number of aliphatic carboxylic acids is 1. The fraction of sp³-hybridized carbons (Fsp3) is 0.846. The van der Waals surface area contributed by atoms with E-state index in [4.69, 9.17) is 5.11 Å². The third-order valence-electron chi connectivity index (χ3n) is 4.32. The van der Waals surface area contributed by atoms with Gasteiger partial charge < -0.3 is 10.0 Å². The third kappa shape index (κ3) is 2.51. The highest BCUT2D eigenvalue weighted by Crippen LogP contribution is 2.40. The fourth-order valence-electron chi connectivity index (χ4n) is 2.79. The van der Waals surface area contributed by atoms with Crippen LogP contribution in [0, 0.1) is 17.8 Å². The van der Waals surface area contributed by atoms with Crippen molar-refractivity contribution in [1.29, 1.82) is 0 Å². The van der Waals surface area contributed by atoms with Gasteiger partial charge in [-0.1, -0.05) is 0 Å². The molecule has 3 rings (SSSR count). The van der Waals surface area contributed by atoms with Gasteiger partial charge in [0, 0.05) is 32.7 Å². The standard InChI is InChI=1S/C13H20N2O3/c16-12(10-7-11(10)13(17)18)15-5-3-14(4-6-15)8-9-1-2-9/h9-11H,1-8H2,(H,17,18). The maximum absolute atomic E-state index is 12.1. The van der Waals surface area contributed by atoms with Gasteiger partial charge in [-0.25, -0.2) is 0 Å². The van der Waals surface area contributed by atoms with Crippen molar-refractivity contribution in [3.05, 3.63) is 0 Å². The second-order valence-electron chi connectivity index (χ2n) is 5.86. The molecule has 3 fully saturated rings. The molecule has 1 aliphatic heterocycles. The summed E-state index contributed by atoms with van der Waals surface area (Å²) in [5, 5.41) is 8.84. The molecule has 0 aromatic rings. The van der Waals surface area contributed by atoms with Crippen molar-refractivity contribution in [2.45, 2.75) is 19.3 Å². The smallest absolute Gasteiger partial charge is 0.307 e. The van der Waals surface area contributed by atoms with E-state index in [0.717, 1.165) is 32.1 Å². The lowest BCUT2D eigenvalue weighted by atomic mass is 10.2. The van der Waals surface area contributed by atoms with Crippen LogP contribution in [0.15, 0.2) is 0 Å². The summed E-state index contributed by atoms with van der Waals surface area (Å²) in [4.78, 5) is 27.1. The maximum Gasteiger partial charge on any atom is 0.307 e. The van der Waals surface area contributed by atoms with Gasteiger partial charge in [0.15, 0.2) is 0 Å². The Bertz CT molecular complexity index is 359. The number of carbonyl (C=O) groups is 2. The molecule has 1 heterocycles. The van der Waals surface area contributed by atoms with Gasteiger partial charge in [0.1, 0.15) is 0 Å². The van der Waals surface area contributed by atoms with Gasteiger partial charge in [-0.15, -0.1) is 0 Å². The minimum absolute atomic E-state index is 0.0634. The topological polar surface area (TPSA) is 60.9 Å². The molecule has 2 unspecified atom stereocenters. The predicted octanol–water partition coefficient (Wildman–Crippen LogP) is 0.261. The summed E-state index contributed by atoms with van der Waals surface area (Å²) >= 11 is 0. The minimum Gasteiger partial charge on any atom is -0.481 e. The molecule has 1 saturated heterocycles. The van der Waals surface area contributed by atoms with Crippen LogP contribution in [0.5, 0.6) is 0 Å². The summed E-state index contributed by atoms with van der Waals surface area (Å²) in [6.07, 6.45) is 3.26. The molecule has 5 heteroatoms. The van der Waals surface area contributed by atoms with Gasteiger partial charge in [-0.2, -0.15) is 0 Å². The molecular weight excluding hydrogens is 232 g/mol. The molecule has 1 N–H and O–H groups in total. The normalized spacial score (nSPS) is 32.3. The number of carboxylic acids is 1. The molecule has 0 aromatic heterocycles. The summed E-state index contributed by atoms with van der Waals surface area (Å²) < 4.78 is 0. The average molecular weight is 252 g/mol. The highest BCUT2D eigenvalue weighted by atomic mass is 16.4. The number of rotatable bonds is 4. The number of carbonyl (C=O) groups excluding carboxylic acids is 1. The van der Waals surface area contributed by atoms with Crippen molar-refractivity contribution in [2.75, 3.05) is 32.7 Å². The first-order chi connectivity index (χ1) is 8.65. The Morgan fingerprint density at radius 1 is 1.06 bits per heavy atom. The van der Waals surface area contributed by atoms with Crippen molar-refractivity contribution in [2.24, 2.45) is 17.8 Å². The van der Waals surface area contributed by atoms with Crippen molar-refractivity contribution < 1.29 is 14.7 Å². The zero-order chi connectivity index (χ0) is 12.7. The second kappa shape index (κ2) is 4.53. The van der Waals surface area contributed by atoms with E-state index in [2.05, 4.69) is 4.90 Å². The second-order valence-corrected chi connectivity index (χ2v) is 5.86. The molecule has 0 spiro atoms. The molecule has 5 nitrogen and oxygen atoms in total. The Labute approximate surface area is 107 Å². The van der Waals surface area contributed by atoms with Crippen molar-refractivity contribution in [1.82, 2.24) is 9.80 Å². The van der Waals surface area contributed by atoms with Gasteiger partial charge in [0.2, 0.25) is 5.91 Å². The van der Waals surface area contributed by atoms with Crippen molar-refractivity contribution in [3.63, 3.8) is 0 Å². The fourth-order valence-corrected chi connectivity index (χ4v) is 2.79. The summed E-state index contributed by atoms with van der Waals surface area (Å²) in [6.45, 7) is 4.63. The molecule has 3 aliphatic rings. The van der Waals surface area contributed by atoms with E-state index >= 15 is 0 Å². The highest BCUT2D eigenvalue weighted by molar-refractivity contribution is 5.89. The van der Waals surface area contributed by atoms with Crippen LogP contribution in [0.3, 0.4) is 0 Å². The first-order valence-electron chi connectivity index (χ1n) is 6.89. The zero-order valence-electron chi connectivity index (χ0n) is 10.5. The summed E-state index contributed by atoms with van der Waals surface area (Å²) in [5.41, 5.74) is 0. The van der Waals surface area contributed by atoms with E-state index in [1.165, 1.54) is 19.4 Å². The Morgan fingerprint density at radius 2 is 1.72 bits per heavy atom. The lowest BCUT2D eigenvalue weighted by Crippen LogP contribution is -2.49. The number of amides is 1. The zero-order valence-corrected chi connectivity index (χ0v) is 10.5. The molecule has 1 amide bonds. The summed E-state index contributed by atoms with van der Waals surface area (Å²) in [6, 6.07) is 0. The average Bonchev–Trinajstić information content (AvgIpc) is 3.23. The Hall–Kier alpha value is -1.10. The first kappa shape index (κ1) is 12.0. The number of hydrogen-bond donors (Lipinski definition) is 1. The lowest BCUT2D eigenvalue weighted by molar-refractivity contribution is -0.142. The van der Waals surface area contributed by atoms with E-state index in [1.807, 2.05) is 4.90 Å². The van der Waals surface area contributed by atoms with E-state index in [9.17, 15) is 9.59 Å². The van der Waals surface area contributed by atoms with Crippen LogP contribution in [0.4, 0.5) is 0 Å². The number of hydrogen-bond acceptors (Lipinski definition) is 3. The van der Waals surface area contributed by atoms with Crippen LogP contribution in [0.25, 0.3) is 0 Å². The Kier molecular flexibility index (Phi) is 3.01. The van der Waals surface area contributed by atoms with Crippen LogP contribution in [-0.4, -0.2) is 59.5 Å². The van der Waals surface area contributed by atoms with Crippen LogP contribution >= 0.6 is 0 Å². The Balaban J connectivity index is 1.44. The van der Waals surface area contributed by atoms with Gasteiger partial charge in [-0.3, -0.25) is 14.5 Å². The summed E-state index contributed by atoms with van der Waals surface area (Å²) in [7, 11) is 0. The summed E-state index contributed by atoms with van der Waals surface area (Å²) in [5.74, 6) is -0.513. The van der Waals surface area contributed by atoms with Gasteiger partial charge in [0.25, 0.3) is 0 Å².